The normalized spacial score (nSPS) is 18.9. The van der Waals surface area contributed by atoms with Crippen molar-refractivity contribution in [3.8, 4) is 11.3 Å². The van der Waals surface area contributed by atoms with Crippen LogP contribution in [-0.2, 0) is 21.7 Å². The molecule has 210 valence electrons. The first-order valence-corrected chi connectivity index (χ1v) is 11.9. The van der Waals surface area contributed by atoms with Gasteiger partial charge in [0.05, 0.1) is 17.4 Å². The highest BCUT2D eigenvalue weighted by molar-refractivity contribution is 5.73. The summed E-state index contributed by atoms with van der Waals surface area (Å²) in [7, 11) is 0. The van der Waals surface area contributed by atoms with Gasteiger partial charge in [-0.25, -0.2) is 14.6 Å². The van der Waals surface area contributed by atoms with Crippen LogP contribution in [0.4, 0.5) is 26.3 Å². The number of nitrogens with zero attached hydrogens (tertiary/aromatic N) is 3. The highest BCUT2D eigenvalue weighted by Crippen LogP contribution is 2.38. The minimum absolute atomic E-state index is 0.0886. The maximum absolute atomic E-state index is 10.6. The lowest BCUT2D eigenvalue weighted by Crippen LogP contribution is -2.55. The number of likely N-dealkylation sites (tertiary alicyclic amines) is 1. The maximum atomic E-state index is 10.6. The van der Waals surface area contributed by atoms with E-state index in [9.17, 15) is 26.3 Å². The predicted molar refractivity (Wildman–Crippen MR) is 123 cm³/mol. The van der Waals surface area contributed by atoms with Gasteiger partial charge in [-0.1, -0.05) is 30.3 Å². The Balaban J connectivity index is 0.000000239. The molecule has 3 N–H and O–H groups in total. The zero-order valence-corrected chi connectivity index (χ0v) is 20.2. The Morgan fingerprint density at radius 3 is 1.95 bits per heavy atom. The number of hydrogen-bond acceptors (Lipinski definition) is 5. The molecule has 14 heteroatoms. The summed E-state index contributed by atoms with van der Waals surface area (Å²) in [5.74, 6) is -3.26. The van der Waals surface area contributed by atoms with Gasteiger partial charge in [0.15, 0.2) is 0 Å². The largest absolute Gasteiger partial charge is 0.490 e. The van der Waals surface area contributed by atoms with Crippen molar-refractivity contribution in [2.45, 2.75) is 50.1 Å². The van der Waals surface area contributed by atoms with Gasteiger partial charge >= 0.3 is 24.3 Å². The molecule has 0 amide bonds. The molecule has 0 bridgehead atoms. The second kappa shape index (κ2) is 11.7. The van der Waals surface area contributed by atoms with Crippen LogP contribution in [-0.4, -0.2) is 75.1 Å². The summed E-state index contributed by atoms with van der Waals surface area (Å²) in [5, 5.41) is 18.1. The number of imidazole rings is 1. The third-order valence-electron chi connectivity index (χ3n) is 6.56. The van der Waals surface area contributed by atoms with E-state index in [1.807, 2.05) is 0 Å². The fraction of sp³-hybridized carbons (Fsp3) is 0.542. The molecule has 2 aromatic rings. The van der Waals surface area contributed by atoms with Gasteiger partial charge in [0, 0.05) is 32.7 Å². The van der Waals surface area contributed by atoms with Gasteiger partial charge in [-0.05, 0) is 37.2 Å². The molecule has 3 aliphatic rings. The van der Waals surface area contributed by atoms with E-state index in [1.54, 1.807) is 0 Å². The van der Waals surface area contributed by atoms with Gasteiger partial charge in [0.1, 0.15) is 5.82 Å². The number of rotatable bonds is 3. The van der Waals surface area contributed by atoms with Crippen LogP contribution in [0.2, 0.25) is 0 Å². The number of piperidine rings is 1. The molecule has 0 radical (unpaired) electrons. The molecule has 0 unspecified atom stereocenters. The number of carboxylic acid groups (broad SMARTS) is 2. The predicted octanol–water partition coefficient (Wildman–Crippen LogP) is 4.12. The van der Waals surface area contributed by atoms with Crippen molar-refractivity contribution in [1.82, 2.24) is 19.8 Å². The molecule has 1 saturated heterocycles. The minimum Gasteiger partial charge on any atom is -0.475 e. The van der Waals surface area contributed by atoms with Gasteiger partial charge < -0.3 is 25.0 Å². The number of carboxylic acids is 2. The third-order valence-corrected chi connectivity index (χ3v) is 6.56. The first-order valence-electron chi connectivity index (χ1n) is 11.9. The Hall–Kier alpha value is -3.13. The molecule has 1 aliphatic carbocycles. The van der Waals surface area contributed by atoms with Gasteiger partial charge in [0.2, 0.25) is 0 Å². The lowest BCUT2D eigenvalue weighted by atomic mass is 9.85. The van der Waals surface area contributed by atoms with Crippen molar-refractivity contribution in [2.24, 2.45) is 5.92 Å². The molecule has 5 rings (SSSR count). The number of nitrogens with one attached hydrogen (secondary N) is 1. The molecule has 1 aromatic carbocycles. The number of alkyl halides is 6. The highest BCUT2D eigenvalue weighted by atomic mass is 19.4. The average Bonchev–Trinajstić information content (AvgIpc) is 3.55. The van der Waals surface area contributed by atoms with E-state index in [0.717, 1.165) is 19.0 Å². The minimum atomic E-state index is -5.08. The van der Waals surface area contributed by atoms with Crippen LogP contribution in [0.1, 0.15) is 31.5 Å². The van der Waals surface area contributed by atoms with Crippen LogP contribution in [0.3, 0.4) is 0 Å². The smallest absolute Gasteiger partial charge is 0.475 e. The maximum Gasteiger partial charge on any atom is 0.490 e. The van der Waals surface area contributed by atoms with E-state index < -0.39 is 24.3 Å². The number of aromatic nitrogens is 2. The average molecular weight is 551 g/mol. The Morgan fingerprint density at radius 2 is 1.47 bits per heavy atom. The second-order valence-electron chi connectivity index (χ2n) is 9.34. The number of carbonyl (C=O) groups is 2. The topological polar surface area (TPSA) is 108 Å². The summed E-state index contributed by atoms with van der Waals surface area (Å²) in [6.07, 6.45) is -2.82. The summed E-state index contributed by atoms with van der Waals surface area (Å²) >= 11 is 0. The van der Waals surface area contributed by atoms with E-state index >= 15 is 0 Å². The standard InChI is InChI=1S/C20H26N4.2C2HF3O2/c1-2-4-17(5-3-1)18-14-21-19-20(22-10-13-24(18)19)8-11-23(12-9-20)15-16-6-7-16;2*3-2(4,5)1(6)7/h1-5,14,16,22H,6-13,15H2;2*(H,6,7). The highest BCUT2D eigenvalue weighted by Gasteiger charge is 2.42. The van der Waals surface area contributed by atoms with E-state index in [2.05, 4.69) is 51.3 Å². The van der Waals surface area contributed by atoms with Crippen molar-refractivity contribution in [3.05, 3.63) is 42.4 Å². The van der Waals surface area contributed by atoms with Crippen LogP contribution in [0, 0.1) is 5.92 Å². The number of halogens is 6. The number of benzene rings is 1. The molecule has 8 nitrogen and oxygen atoms in total. The van der Waals surface area contributed by atoms with Crippen molar-refractivity contribution in [1.29, 1.82) is 0 Å². The first-order chi connectivity index (χ1) is 17.7. The van der Waals surface area contributed by atoms with Crippen LogP contribution < -0.4 is 5.32 Å². The number of fused-ring (bicyclic) bond motifs is 2. The molecule has 1 saturated carbocycles. The third kappa shape index (κ3) is 7.69. The summed E-state index contributed by atoms with van der Waals surface area (Å²) < 4.78 is 65.9. The zero-order chi connectivity index (χ0) is 28.1. The second-order valence-corrected chi connectivity index (χ2v) is 9.34. The van der Waals surface area contributed by atoms with Gasteiger partial charge in [0.25, 0.3) is 0 Å². The lowest BCUT2D eigenvalue weighted by molar-refractivity contribution is -0.193. The Kier molecular flexibility index (Phi) is 9.08. The SMILES string of the molecule is O=C(O)C(F)(F)F.O=C(O)C(F)(F)F.c1ccc(-c2cnc3n2CCNC32CCN(CC3CC3)CC2)cc1. The van der Waals surface area contributed by atoms with E-state index in [-0.39, 0.29) is 5.54 Å². The van der Waals surface area contributed by atoms with Crippen molar-refractivity contribution >= 4 is 11.9 Å². The molecule has 1 aromatic heterocycles. The van der Waals surface area contributed by atoms with E-state index in [1.165, 1.54) is 62.4 Å². The molecular formula is C24H28F6N4O4. The summed E-state index contributed by atoms with van der Waals surface area (Å²) in [5.41, 5.74) is 2.64. The molecule has 2 aliphatic heterocycles. The Morgan fingerprint density at radius 1 is 0.947 bits per heavy atom. The van der Waals surface area contributed by atoms with E-state index in [0.29, 0.717) is 0 Å². The van der Waals surface area contributed by atoms with Gasteiger partial charge in [-0.3, -0.25) is 0 Å². The van der Waals surface area contributed by atoms with Crippen LogP contribution in [0.25, 0.3) is 11.3 Å². The fourth-order valence-corrected chi connectivity index (χ4v) is 4.49. The molecular weight excluding hydrogens is 522 g/mol. The van der Waals surface area contributed by atoms with Crippen LogP contribution in [0.5, 0.6) is 0 Å². The number of aliphatic carboxylic acids is 2. The first kappa shape index (κ1) is 29.4. The summed E-state index contributed by atoms with van der Waals surface area (Å²) in [4.78, 5) is 25.4. The van der Waals surface area contributed by atoms with Gasteiger partial charge in [-0.2, -0.15) is 26.3 Å². The van der Waals surface area contributed by atoms with Crippen molar-refractivity contribution < 1.29 is 46.1 Å². The van der Waals surface area contributed by atoms with Crippen LogP contribution in [0.15, 0.2) is 36.5 Å². The molecule has 0 atom stereocenters. The van der Waals surface area contributed by atoms with Gasteiger partial charge in [-0.15, -0.1) is 0 Å². The fourth-order valence-electron chi connectivity index (χ4n) is 4.49. The molecule has 38 heavy (non-hydrogen) atoms. The summed E-state index contributed by atoms with van der Waals surface area (Å²) in [6.45, 7) is 5.80. The van der Waals surface area contributed by atoms with Crippen molar-refractivity contribution in [3.63, 3.8) is 0 Å². The molecule has 2 fully saturated rings. The molecule has 1 spiro atoms. The van der Waals surface area contributed by atoms with Crippen LogP contribution >= 0.6 is 0 Å². The number of hydrogen-bond donors (Lipinski definition) is 3. The van der Waals surface area contributed by atoms with E-state index in [4.69, 9.17) is 24.8 Å². The Labute approximate surface area is 214 Å². The zero-order valence-electron chi connectivity index (χ0n) is 20.2. The Bertz CT molecular complexity index is 1070. The monoisotopic (exact) mass is 550 g/mol. The summed E-state index contributed by atoms with van der Waals surface area (Å²) in [6, 6.07) is 10.7. The quantitative estimate of drug-likeness (QED) is 0.494. The molecule has 3 heterocycles. The lowest BCUT2D eigenvalue weighted by Gasteiger charge is -2.44. The van der Waals surface area contributed by atoms with Crippen molar-refractivity contribution in [2.75, 3.05) is 26.2 Å².